The lowest BCUT2D eigenvalue weighted by Gasteiger charge is -2.36. The molecule has 0 radical (unpaired) electrons. The van der Waals surface area contributed by atoms with Crippen LogP contribution in [-0.2, 0) is 16.1 Å². The number of nitrogens with zero attached hydrogens (tertiary/aromatic N) is 3. The number of piperidine rings is 1. The summed E-state index contributed by atoms with van der Waals surface area (Å²) >= 11 is 0. The van der Waals surface area contributed by atoms with E-state index in [2.05, 4.69) is 9.88 Å². The molecule has 1 atom stereocenters. The van der Waals surface area contributed by atoms with Crippen molar-refractivity contribution in [3.05, 3.63) is 17.8 Å². The lowest BCUT2D eigenvalue weighted by Crippen LogP contribution is -2.51. The van der Waals surface area contributed by atoms with E-state index >= 15 is 0 Å². The van der Waals surface area contributed by atoms with E-state index in [1.165, 1.54) is 12.8 Å². The Kier molecular flexibility index (Phi) is 4.55. The maximum atomic E-state index is 12.5. The van der Waals surface area contributed by atoms with Crippen molar-refractivity contribution >= 4 is 5.91 Å². The quantitative estimate of drug-likeness (QED) is 0.838. The predicted octanol–water partition coefficient (Wildman–Crippen LogP) is 1.20. The van der Waals surface area contributed by atoms with Crippen LogP contribution in [0.1, 0.15) is 30.7 Å². The Morgan fingerprint density at radius 1 is 1.33 bits per heavy atom. The average molecular weight is 293 g/mol. The number of rotatable bonds is 3. The van der Waals surface area contributed by atoms with E-state index in [9.17, 15) is 4.79 Å². The van der Waals surface area contributed by atoms with Crippen LogP contribution in [0, 0.1) is 6.92 Å². The highest BCUT2D eigenvalue weighted by molar-refractivity contribution is 5.81. The van der Waals surface area contributed by atoms with Gasteiger partial charge in [0.05, 0.1) is 12.3 Å². The highest BCUT2D eigenvalue weighted by Crippen LogP contribution is 2.16. The van der Waals surface area contributed by atoms with Crippen molar-refractivity contribution in [2.24, 2.45) is 0 Å². The fourth-order valence-electron chi connectivity index (χ4n) is 3.01. The van der Waals surface area contributed by atoms with Gasteiger partial charge >= 0.3 is 0 Å². The zero-order chi connectivity index (χ0) is 14.7. The first kappa shape index (κ1) is 14.5. The predicted molar refractivity (Wildman–Crippen MR) is 76.7 cm³/mol. The smallest absolute Gasteiger partial charge is 0.253 e. The number of amides is 1. The third-order valence-corrected chi connectivity index (χ3v) is 4.31. The Hall–Kier alpha value is -1.40. The van der Waals surface area contributed by atoms with Gasteiger partial charge in [-0.2, -0.15) is 0 Å². The fraction of sp³-hybridized carbons (Fsp3) is 0.733. The van der Waals surface area contributed by atoms with Crippen LogP contribution >= 0.6 is 0 Å². The molecule has 1 unspecified atom stereocenters. The average Bonchev–Trinajstić information content (AvgIpc) is 2.93. The standard InChI is InChI=1S/C15H23N3O3/c1-12-13(16-11-21-12)9-17-7-8-20-14(10-17)15(19)18-5-3-2-4-6-18/h11,14H,2-10H2,1H3. The number of hydrogen-bond acceptors (Lipinski definition) is 5. The molecule has 116 valence electrons. The van der Waals surface area contributed by atoms with Gasteiger partial charge in [0, 0.05) is 32.7 Å². The van der Waals surface area contributed by atoms with Crippen LogP contribution in [0.4, 0.5) is 0 Å². The van der Waals surface area contributed by atoms with Crippen LogP contribution in [0.25, 0.3) is 0 Å². The van der Waals surface area contributed by atoms with Crippen molar-refractivity contribution < 1.29 is 13.9 Å². The van der Waals surface area contributed by atoms with E-state index < -0.39 is 0 Å². The molecule has 6 nitrogen and oxygen atoms in total. The van der Waals surface area contributed by atoms with E-state index in [0.29, 0.717) is 13.2 Å². The van der Waals surface area contributed by atoms with E-state index in [1.807, 2.05) is 11.8 Å². The summed E-state index contributed by atoms with van der Waals surface area (Å²) in [7, 11) is 0. The topological polar surface area (TPSA) is 58.8 Å². The molecule has 1 amide bonds. The molecule has 0 spiro atoms. The number of aromatic nitrogens is 1. The van der Waals surface area contributed by atoms with Crippen molar-refractivity contribution in [2.45, 2.75) is 38.8 Å². The third kappa shape index (κ3) is 3.44. The number of carbonyl (C=O) groups is 1. The summed E-state index contributed by atoms with van der Waals surface area (Å²) in [6.45, 7) is 6.45. The lowest BCUT2D eigenvalue weighted by molar-refractivity contribution is -0.150. The summed E-state index contributed by atoms with van der Waals surface area (Å²) in [5.41, 5.74) is 0.945. The molecule has 3 heterocycles. The van der Waals surface area contributed by atoms with Gasteiger partial charge in [-0.25, -0.2) is 4.98 Å². The minimum Gasteiger partial charge on any atom is -0.448 e. The maximum absolute atomic E-state index is 12.5. The first-order valence-corrected chi connectivity index (χ1v) is 7.76. The van der Waals surface area contributed by atoms with Crippen molar-refractivity contribution in [3.63, 3.8) is 0 Å². The molecule has 1 aromatic rings. The molecule has 2 aliphatic heterocycles. The van der Waals surface area contributed by atoms with Gasteiger partial charge in [-0.05, 0) is 26.2 Å². The molecule has 0 aromatic carbocycles. The molecule has 0 aliphatic carbocycles. The number of oxazole rings is 1. The molecule has 0 N–H and O–H groups in total. The Labute approximate surface area is 125 Å². The number of aryl methyl sites for hydroxylation is 1. The second-order valence-corrected chi connectivity index (χ2v) is 5.84. The monoisotopic (exact) mass is 293 g/mol. The first-order valence-electron chi connectivity index (χ1n) is 7.76. The highest BCUT2D eigenvalue weighted by Gasteiger charge is 2.31. The summed E-state index contributed by atoms with van der Waals surface area (Å²) in [5.74, 6) is 0.997. The molecular formula is C15H23N3O3. The van der Waals surface area contributed by atoms with Gasteiger partial charge in [-0.3, -0.25) is 9.69 Å². The number of likely N-dealkylation sites (tertiary alicyclic amines) is 1. The molecule has 3 rings (SSSR count). The SMILES string of the molecule is Cc1ocnc1CN1CCOC(C(=O)N2CCCCC2)C1. The van der Waals surface area contributed by atoms with Crippen LogP contribution < -0.4 is 0 Å². The number of ether oxygens (including phenoxy) is 1. The van der Waals surface area contributed by atoms with Crippen LogP contribution in [0.5, 0.6) is 0 Å². The number of morpholine rings is 1. The Morgan fingerprint density at radius 3 is 2.86 bits per heavy atom. The van der Waals surface area contributed by atoms with Crippen molar-refractivity contribution in [1.29, 1.82) is 0 Å². The van der Waals surface area contributed by atoms with E-state index in [4.69, 9.17) is 9.15 Å². The van der Waals surface area contributed by atoms with Gasteiger partial charge in [-0.15, -0.1) is 0 Å². The van der Waals surface area contributed by atoms with Crippen LogP contribution in [-0.4, -0.2) is 59.6 Å². The summed E-state index contributed by atoms with van der Waals surface area (Å²) in [6.07, 6.45) is 4.60. The number of hydrogen-bond donors (Lipinski definition) is 0. The van der Waals surface area contributed by atoms with Crippen molar-refractivity contribution in [2.75, 3.05) is 32.8 Å². The number of carbonyl (C=O) groups excluding carboxylic acids is 1. The van der Waals surface area contributed by atoms with Gasteiger partial charge in [0.15, 0.2) is 6.39 Å². The second kappa shape index (κ2) is 6.58. The van der Waals surface area contributed by atoms with Crippen LogP contribution in [0.2, 0.25) is 0 Å². The molecular weight excluding hydrogens is 270 g/mol. The van der Waals surface area contributed by atoms with Gasteiger partial charge in [0.1, 0.15) is 11.9 Å². The Morgan fingerprint density at radius 2 is 2.14 bits per heavy atom. The van der Waals surface area contributed by atoms with Crippen molar-refractivity contribution in [1.82, 2.24) is 14.8 Å². The lowest BCUT2D eigenvalue weighted by atomic mass is 10.1. The van der Waals surface area contributed by atoms with Crippen LogP contribution in [0.3, 0.4) is 0 Å². The Balaban J connectivity index is 1.57. The van der Waals surface area contributed by atoms with E-state index in [-0.39, 0.29) is 12.0 Å². The summed E-state index contributed by atoms with van der Waals surface area (Å²) in [6, 6.07) is 0. The zero-order valence-corrected chi connectivity index (χ0v) is 12.6. The highest BCUT2D eigenvalue weighted by atomic mass is 16.5. The minimum absolute atomic E-state index is 0.149. The molecule has 6 heteroatoms. The maximum Gasteiger partial charge on any atom is 0.253 e. The summed E-state index contributed by atoms with van der Waals surface area (Å²) in [4.78, 5) is 20.9. The largest absolute Gasteiger partial charge is 0.448 e. The van der Waals surface area contributed by atoms with Crippen LogP contribution in [0.15, 0.2) is 10.8 Å². The normalized spacial score (nSPS) is 24.2. The van der Waals surface area contributed by atoms with E-state index in [0.717, 1.165) is 50.5 Å². The second-order valence-electron chi connectivity index (χ2n) is 5.84. The Bertz CT molecular complexity index is 482. The summed E-state index contributed by atoms with van der Waals surface area (Å²) in [5, 5.41) is 0. The zero-order valence-electron chi connectivity index (χ0n) is 12.6. The van der Waals surface area contributed by atoms with Gasteiger partial charge in [0.25, 0.3) is 5.91 Å². The van der Waals surface area contributed by atoms with E-state index in [1.54, 1.807) is 0 Å². The van der Waals surface area contributed by atoms with Gasteiger partial charge in [0.2, 0.25) is 0 Å². The molecule has 2 saturated heterocycles. The molecule has 2 fully saturated rings. The first-order chi connectivity index (χ1) is 10.2. The van der Waals surface area contributed by atoms with Gasteiger partial charge in [-0.1, -0.05) is 0 Å². The minimum atomic E-state index is -0.330. The molecule has 0 bridgehead atoms. The van der Waals surface area contributed by atoms with Crippen molar-refractivity contribution in [3.8, 4) is 0 Å². The fourth-order valence-corrected chi connectivity index (χ4v) is 3.01. The molecule has 2 aliphatic rings. The molecule has 0 saturated carbocycles. The van der Waals surface area contributed by atoms with Gasteiger partial charge < -0.3 is 14.1 Å². The summed E-state index contributed by atoms with van der Waals surface area (Å²) < 4.78 is 10.9. The molecule has 1 aromatic heterocycles. The molecule has 21 heavy (non-hydrogen) atoms. The third-order valence-electron chi connectivity index (χ3n) is 4.31.